The van der Waals surface area contributed by atoms with E-state index in [-0.39, 0.29) is 5.97 Å². The second-order valence-corrected chi connectivity index (χ2v) is 9.55. The predicted octanol–water partition coefficient (Wildman–Crippen LogP) is 7.38. The maximum Gasteiger partial charge on any atom is 0.334 e. The molecule has 0 N–H and O–H groups in total. The van der Waals surface area contributed by atoms with Crippen molar-refractivity contribution in [2.45, 2.75) is 24.2 Å². The van der Waals surface area contributed by atoms with E-state index >= 15 is 0 Å². The van der Waals surface area contributed by atoms with E-state index in [2.05, 4.69) is 115 Å². The number of ether oxygens (including phenoxy) is 1. The number of carbonyl (C=O) groups excluding carboxylic acids is 1. The summed E-state index contributed by atoms with van der Waals surface area (Å²) in [5, 5.41) is 0. The van der Waals surface area contributed by atoms with Crippen molar-refractivity contribution in [2.75, 3.05) is 6.61 Å². The fraction of sp³-hybridized carbons (Fsp3) is 0.147. The van der Waals surface area contributed by atoms with Gasteiger partial charge in [0.15, 0.2) is 0 Å². The monoisotopic (exact) mass is 468 g/mol. The molecule has 0 fully saturated rings. The normalized spacial score (nSPS) is 22.4. The van der Waals surface area contributed by atoms with Gasteiger partial charge in [0.25, 0.3) is 0 Å². The third-order valence-electron chi connectivity index (χ3n) is 7.69. The smallest absolute Gasteiger partial charge is 0.334 e. The molecule has 2 heteroatoms. The first-order chi connectivity index (χ1) is 17.7. The summed E-state index contributed by atoms with van der Waals surface area (Å²) in [6.45, 7) is 2.21. The summed E-state index contributed by atoms with van der Waals surface area (Å²) in [5.41, 5.74) is 6.71. The lowest BCUT2D eigenvalue weighted by atomic mass is 9.67. The van der Waals surface area contributed by atoms with Gasteiger partial charge < -0.3 is 4.74 Å². The minimum Gasteiger partial charge on any atom is -0.463 e. The number of esters is 1. The van der Waals surface area contributed by atoms with Gasteiger partial charge in [-0.05, 0) is 46.7 Å². The number of hydrogen-bond donors (Lipinski definition) is 0. The van der Waals surface area contributed by atoms with E-state index < -0.39 is 10.8 Å². The lowest BCUT2D eigenvalue weighted by Gasteiger charge is -2.35. The molecule has 0 saturated carbocycles. The van der Waals surface area contributed by atoms with Gasteiger partial charge in [0.2, 0.25) is 0 Å². The molecule has 6 rings (SSSR count). The Morgan fingerprint density at radius 1 is 0.667 bits per heavy atom. The molecule has 2 aliphatic rings. The maximum absolute atomic E-state index is 13.7. The van der Waals surface area contributed by atoms with Crippen LogP contribution in [0.2, 0.25) is 0 Å². The first-order valence-corrected chi connectivity index (χ1v) is 12.6. The zero-order chi connectivity index (χ0) is 24.6. The molecule has 176 valence electrons. The molecule has 4 aromatic carbocycles. The van der Waals surface area contributed by atoms with Crippen molar-refractivity contribution >= 4 is 17.1 Å². The fourth-order valence-electron chi connectivity index (χ4n) is 6.39. The number of hydrogen-bond acceptors (Lipinski definition) is 2. The van der Waals surface area contributed by atoms with E-state index in [9.17, 15) is 4.79 Å². The molecule has 2 bridgehead atoms. The van der Waals surface area contributed by atoms with Crippen LogP contribution in [0.3, 0.4) is 0 Å². The van der Waals surface area contributed by atoms with Gasteiger partial charge in [-0.2, -0.15) is 0 Å². The SMILES string of the molecule is CCOC(=O)C1=C[C@@]2(c3ccccc3)C[C@@]1(c1ccccc1)C(c1ccccc1)=C2c1ccccc1. The van der Waals surface area contributed by atoms with Crippen molar-refractivity contribution in [1.29, 1.82) is 0 Å². The molecule has 4 aromatic rings. The molecule has 2 atom stereocenters. The average Bonchev–Trinajstić information content (AvgIpc) is 3.47. The third-order valence-corrected chi connectivity index (χ3v) is 7.69. The van der Waals surface area contributed by atoms with Crippen LogP contribution in [0.15, 0.2) is 133 Å². The Morgan fingerprint density at radius 2 is 1.14 bits per heavy atom. The Balaban J connectivity index is 1.77. The molecular formula is C34H28O2. The lowest BCUT2D eigenvalue weighted by molar-refractivity contribution is -0.139. The molecule has 0 heterocycles. The summed E-state index contributed by atoms with van der Waals surface area (Å²) in [4.78, 5) is 13.7. The van der Waals surface area contributed by atoms with Crippen LogP contribution in [-0.4, -0.2) is 12.6 Å². The molecule has 0 unspecified atom stereocenters. The van der Waals surface area contributed by atoms with Crippen LogP contribution in [0, 0.1) is 0 Å². The van der Waals surface area contributed by atoms with Gasteiger partial charge in [-0.3, -0.25) is 0 Å². The highest BCUT2D eigenvalue weighted by molar-refractivity contribution is 6.13. The van der Waals surface area contributed by atoms with E-state index in [0.717, 1.165) is 23.1 Å². The van der Waals surface area contributed by atoms with Crippen LogP contribution >= 0.6 is 0 Å². The highest BCUT2D eigenvalue weighted by atomic mass is 16.5. The minimum atomic E-state index is -0.629. The average molecular weight is 469 g/mol. The highest BCUT2D eigenvalue weighted by Crippen LogP contribution is 2.69. The first kappa shape index (κ1) is 22.3. The van der Waals surface area contributed by atoms with Crippen molar-refractivity contribution in [3.8, 4) is 0 Å². The molecule has 0 aromatic heterocycles. The Morgan fingerprint density at radius 3 is 1.67 bits per heavy atom. The van der Waals surface area contributed by atoms with Crippen LogP contribution in [0.25, 0.3) is 11.1 Å². The predicted molar refractivity (Wildman–Crippen MR) is 145 cm³/mol. The second-order valence-electron chi connectivity index (χ2n) is 9.55. The zero-order valence-corrected chi connectivity index (χ0v) is 20.4. The summed E-state index contributed by atoms with van der Waals surface area (Å²) in [6.07, 6.45) is 2.96. The quantitative estimate of drug-likeness (QED) is 0.276. The molecule has 0 spiro atoms. The molecular weight excluding hydrogens is 440 g/mol. The molecule has 0 radical (unpaired) electrons. The Labute approximate surface area is 212 Å². The maximum atomic E-state index is 13.7. The van der Waals surface area contributed by atoms with Crippen molar-refractivity contribution in [3.63, 3.8) is 0 Å². The summed E-state index contributed by atoms with van der Waals surface area (Å²) < 4.78 is 5.70. The van der Waals surface area contributed by atoms with Gasteiger partial charge in [-0.15, -0.1) is 0 Å². The van der Waals surface area contributed by atoms with Crippen LogP contribution in [0.4, 0.5) is 0 Å². The summed E-state index contributed by atoms with van der Waals surface area (Å²) >= 11 is 0. The molecule has 0 aliphatic heterocycles. The van der Waals surface area contributed by atoms with Gasteiger partial charge in [-0.25, -0.2) is 4.79 Å². The van der Waals surface area contributed by atoms with Crippen LogP contribution < -0.4 is 0 Å². The van der Waals surface area contributed by atoms with E-state index in [0.29, 0.717) is 6.61 Å². The Hall–Kier alpha value is -4.17. The Kier molecular flexibility index (Phi) is 5.45. The van der Waals surface area contributed by atoms with Crippen molar-refractivity contribution < 1.29 is 9.53 Å². The molecule has 2 nitrogen and oxygen atoms in total. The molecule has 36 heavy (non-hydrogen) atoms. The first-order valence-electron chi connectivity index (χ1n) is 12.6. The molecule has 0 amide bonds. The lowest BCUT2D eigenvalue weighted by Crippen LogP contribution is -2.31. The molecule has 2 aliphatic carbocycles. The van der Waals surface area contributed by atoms with Gasteiger partial charge >= 0.3 is 5.97 Å². The number of benzene rings is 4. The summed E-state index contributed by atoms with van der Waals surface area (Å²) in [7, 11) is 0. The van der Waals surface area contributed by atoms with Crippen LogP contribution in [0.1, 0.15) is 35.6 Å². The summed E-state index contributed by atoms with van der Waals surface area (Å²) in [5.74, 6) is -0.236. The van der Waals surface area contributed by atoms with E-state index in [1.807, 2.05) is 19.1 Å². The van der Waals surface area contributed by atoms with E-state index in [4.69, 9.17) is 4.74 Å². The van der Waals surface area contributed by atoms with E-state index in [1.54, 1.807) is 0 Å². The highest BCUT2D eigenvalue weighted by Gasteiger charge is 2.63. The van der Waals surface area contributed by atoms with Crippen LogP contribution in [-0.2, 0) is 20.4 Å². The van der Waals surface area contributed by atoms with Crippen LogP contribution in [0.5, 0.6) is 0 Å². The number of fused-ring (bicyclic) bond motifs is 2. The van der Waals surface area contributed by atoms with Gasteiger partial charge in [0.05, 0.1) is 12.0 Å². The third kappa shape index (κ3) is 3.21. The second kappa shape index (κ2) is 8.80. The van der Waals surface area contributed by atoms with Crippen molar-refractivity contribution in [2.24, 2.45) is 0 Å². The number of allylic oxidation sites excluding steroid dienone is 3. The largest absolute Gasteiger partial charge is 0.463 e. The number of carbonyl (C=O) groups is 1. The standard InChI is InChI=1S/C34H28O2/c1-2-36-32(35)29-23-33(27-19-11-5-12-20-27)24-34(29,28-21-13-6-14-22-28)31(26-17-9-4-10-18-26)30(33)25-15-7-3-8-16-25/h3-23H,2,24H2,1H3/t33-,34-/m0/s1. The van der Waals surface area contributed by atoms with Crippen molar-refractivity contribution in [1.82, 2.24) is 0 Å². The topological polar surface area (TPSA) is 26.3 Å². The van der Waals surface area contributed by atoms with Gasteiger partial charge in [-0.1, -0.05) is 127 Å². The summed E-state index contributed by atoms with van der Waals surface area (Å²) in [6, 6.07) is 42.3. The zero-order valence-electron chi connectivity index (χ0n) is 20.4. The fourth-order valence-corrected chi connectivity index (χ4v) is 6.39. The Bertz CT molecular complexity index is 1450. The van der Waals surface area contributed by atoms with E-state index in [1.165, 1.54) is 22.3 Å². The van der Waals surface area contributed by atoms with Crippen molar-refractivity contribution in [3.05, 3.63) is 155 Å². The van der Waals surface area contributed by atoms with Gasteiger partial charge in [0, 0.05) is 11.0 Å². The number of rotatable bonds is 6. The minimum absolute atomic E-state index is 0.236. The molecule has 0 saturated heterocycles. The van der Waals surface area contributed by atoms with Gasteiger partial charge in [0.1, 0.15) is 0 Å².